The van der Waals surface area contributed by atoms with Gasteiger partial charge in [0.05, 0.1) is 13.8 Å². The summed E-state index contributed by atoms with van der Waals surface area (Å²) in [5.74, 6) is 0.548. The molecule has 2 heterocycles. The van der Waals surface area contributed by atoms with E-state index in [0.29, 0.717) is 5.92 Å². The van der Waals surface area contributed by atoms with Crippen LogP contribution in [-0.2, 0) is 0 Å². The second-order valence-electron chi connectivity index (χ2n) is 8.53. The molecule has 0 bridgehead atoms. The van der Waals surface area contributed by atoms with Crippen molar-refractivity contribution in [2.45, 2.75) is 45.8 Å². The lowest BCUT2D eigenvalue weighted by Crippen LogP contribution is -2.41. The molecule has 0 amide bonds. The van der Waals surface area contributed by atoms with Gasteiger partial charge in [0.1, 0.15) is 11.2 Å². The van der Waals surface area contributed by atoms with Crippen LogP contribution in [0.15, 0.2) is 59.1 Å². The van der Waals surface area contributed by atoms with Gasteiger partial charge in [-0.05, 0) is 53.4 Å². The van der Waals surface area contributed by atoms with Crippen LogP contribution in [-0.4, -0.2) is 13.1 Å². The molecule has 4 rings (SSSR count). The van der Waals surface area contributed by atoms with E-state index >= 15 is 0 Å². The fourth-order valence-corrected chi connectivity index (χ4v) is 5.40. The topological polar surface area (TPSA) is 26.0 Å². The van der Waals surface area contributed by atoms with Gasteiger partial charge in [0.25, 0.3) is 0 Å². The Labute approximate surface area is 162 Å². The number of fused-ring (bicyclic) bond motifs is 3. The SMILES string of the molecule is CCC(C)c1cc(-c2ccc3oc4ccccc4c3c2)ncc1[Si](C)(C)C. The fraction of sp³-hybridized carbons (Fsp3) is 0.292. The summed E-state index contributed by atoms with van der Waals surface area (Å²) in [5, 5.41) is 3.80. The molecule has 2 nitrogen and oxygen atoms in total. The largest absolute Gasteiger partial charge is 0.456 e. The molecule has 0 saturated carbocycles. The van der Waals surface area contributed by atoms with Crippen LogP contribution in [0.3, 0.4) is 0 Å². The highest BCUT2D eigenvalue weighted by molar-refractivity contribution is 6.89. The zero-order valence-corrected chi connectivity index (χ0v) is 17.8. The van der Waals surface area contributed by atoms with Crippen molar-refractivity contribution in [2.24, 2.45) is 0 Å². The number of rotatable bonds is 4. The number of hydrogen-bond acceptors (Lipinski definition) is 2. The molecule has 0 spiro atoms. The number of aromatic nitrogens is 1. The highest BCUT2D eigenvalue weighted by Crippen LogP contribution is 2.32. The molecule has 0 aliphatic carbocycles. The number of pyridine rings is 1. The second-order valence-corrected chi connectivity index (χ2v) is 13.6. The summed E-state index contributed by atoms with van der Waals surface area (Å²) in [7, 11) is -1.43. The van der Waals surface area contributed by atoms with E-state index in [1.165, 1.54) is 10.8 Å². The summed E-state index contributed by atoms with van der Waals surface area (Å²) < 4.78 is 5.97. The Bertz CT molecular complexity index is 1120. The molecule has 27 heavy (non-hydrogen) atoms. The monoisotopic (exact) mass is 373 g/mol. The van der Waals surface area contributed by atoms with Gasteiger partial charge in [0.2, 0.25) is 0 Å². The standard InChI is InChI=1S/C24H27NOSi/c1-6-16(2)19-14-21(25-15-24(19)27(3,4)5)17-11-12-23-20(13-17)18-9-7-8-10-22(18)26-23/h7-16H,6H2,1-5H3. The molecule has 2 aromatic heterocycles. The third kappa shape index (κ3) is 3.21. The molecule has 3 heteroatoms. The van der Waals surface area contributed by atoms with E-state index in [0.717, 1.165) is 39.6 Å². The maximum atomic E-state index is 5.97. The van der Waals surface area contributed by atoms with Crippen LogP contribution in [0, 0.1) is 0 Å². The van der Waals surface area contributed by atoms with Crippen molar-refractivity contribution in [1.29, 1.82) is 0 Å². The summed E-state index contributed by atoms with van der Waals surface area (Å²) >= 11 is 0. The van der Waals surface area contributed by atoms with Gasteiger partial charge in [-0.1, -0.05) is 51.7 Å². The molecular formula is C24H27NOSi. The van der Waals surface area contributed by atoms with Crippen molar-refractivity contribution < 1.29 is 4.42 Å². The lowest BCUT2D eigenvalue weighted by Gasteiger charge is -2.24. The van der Waals surface area contributed by atoms with Crippen molar-refractivity contribution in [3.63, 3.8) is 0 Å². The van der Waals surface area contributed by atoms with Crippen LogP contribution in [0.25, 0.3) is 33.2 Å². The van der Waals surface area contributed by atoms with Crippen molar-refractivity contribution in [1.82, 2.24) is 4.98 Å². The third-order valence-corrected chi connectivity index (χ3v) is 7.59. The van der Waals surface area contributed by atoms with Crippen LogP contribution < -0.4 is 5.19 Å². The van der Waals surface area contributed by atoms with Crippen LogP contribution in [0.1, 0.15) is 31.7 Å². The molecule has 4 aromatic rings. The Kier molecular flexibility index (Phi) is 4.43. The van der Waals surface area contributed by atoms with Gasteiger partial charge in [-0.25, -0.2) is 0 Å². The average molecular weight is 374 g/mol. The summed E-state index contributed by atoms with van der Waals surface area (Å²) in [6.07, 6.45) is 3.28. The van der Waals surface area contributed by atoms with Crippen LogP contribution in [0.4, 0.5) is 0 Å². The van der Waals surface area contributed by atoms with Crippen LogP contribution in [0.5, 0.6) is 0 Å². The number of benzene rings is 2. The number of hydrogen-bond donors (Lipinski definition) is 0. The maximum Gasteiger partial charge on any atom is 0.135 e. The average Bonchev–Trinajstić information content (AvgIpc) is 3.04. The van der Waals surface area contributed by atoms with Crippen molar-refractivity contribution in [3.8, 4) is 11.3 Å². The maximum absolute atomic E-state index is 5.97. The van der Waals surface area contributed by atoms with Crippen LogP contribution in [0.2, 0.25) is 19.6 Å². The Morgan fingerprint density at radius 3 is 2.44 bits per heavy atom. The second kappa shape index (κ2) is 6.65. The van der Waals surface area contributed by atoms with Crippen LogP contribution >= 0.6 is 0 Å². The molecular weight excluding hydrogens is 346 g/mol. The molecule has 0 radical (unpaired) electrons. The zero-order chi connectivity index (χ0) is 19.2. The van der Waals surface area contributed by atoms with Gasteiger partial charge in [-0.2, -0.15) is 0 Å². The van der Waals surface area contributed by atoms with E-state index in [9.17, 15) is 0 Å². The first-order valence-electron chi connectivity index (χ1n) is 9.80. The van der Waals surface area contributed by atoms with Crippen molar-refractivity contribution >= 4 is 35.2 Å². The minimum Gasteiger partial charge on any atom is -0.456 e. The number of para-hydroxylation sites is 1. The Hall–Kier alpha value is -2.39. The minimum atomic E-state index is -1.43. The number of furan rings is 1. The first-order valence-corrected chi connectivity index (χ1v) is 13.3. The zero-order valence-electron chi connectivity index (χ0n) is 16.8. The predicted octanol–water partition coefficient (Wildman–Crippen LogP) is 6.71. The molecule has 1 atom stereocenters. The molecule has 1 unspecified atom stereocenters. The highest BCUT2D eigenvalue weighted by Gasteiger charge is 2.23. The molecule has 138 valence electrons. The van der Waals surface area contributed by atoms with E-state index in [-0.39, 0.29) is 0 Å². The molecule has 0 saturated heterocycles. The van der Waals surface area contributed by atoms with Gasteiger partial charge >= 0.3 is 0 Å². The van der Waals surface area contributed by atoms with Crippen molar-refractivity contribution in [3.05, 3.63) is 60.3 Å². The summed E-state index contributed by atoms with van der Waals surface area (Å²) in [6.45, 7) is 11.8. The van der Waals surface area contributed by atoms with E-state index < -0.39 is 8.07 Å². The minimum absolute atomic E-state index is 0.548. The smallest absolute Gasteiger partial charge is 0.135 e. The first kappa shape index (κ1) is 18.0. The van der Waals surface area contributed by atoms with Gasteiger partial charge in [0, 0.05) is 22.5 Å². The fourth-order valence-electron chi connectivity index (χ4n) is 3.77. The third-order valence-electron chi connectivity index (χ3n) is 5.56. The molecule has 2 aromatic carbocycles. The van der Waals surface area contributed by atoms with E-state index in [1.54, 1.807) is 0 Å². The van der Waals surface area contributed by atoms with Gasteiger partial charge in [-0.3, -0.25) is 4.98 Å². The Balaban J connectivity index is 1.89. The molecule has 0 fully saturated rings. The van der Waals surface area contributed by atoms with E-state index in [1.807, 2.05) is 12.1 Å². The Morgan fingerprint density at radius 1 is 0.963 bits per heavy atom. The number of nitrogens with zero attached hydrogens (tertiary/aromatic N) is 1. The summed E-state index contributed by atoms with van der Waals surface area (Å²) in [4.78, 5) is 4.87. The van der Waals surface area contributed by atoms with E-state index in [2.05, 4.69) is 76.1 Å². The lowest BCUT2D eigenvalue weighted by molar-refractivity contribution is 0.669. The molecule has 0 aliphatic heterocycles. The summed E-state index contributed by atoms with van der Waals surface area (Å²) in [6, 6.07) is 17.0. The van der Waals surface area contributed by atoms with Gasteiger partial charge in [0.15, 0.2) is 0 Å². The Morgan fingerprint density at radius 2 is 1.70 bits per heavy atom. The normalized spacial score (nSPS) is 13.4. The van der Waals surface area contributed by atoms with Gasteiger partial charge in [-0.15, -0.1) is 0 Å². The quantitative estimate of drug-likeness (QED) is 0.372. The summed E-state index contributed by atoms with van der Waals surface area (Å²) in [5.41, 5.74) is 5.55. The molecule has 0 aliphatic rings. The molecule has 0 N–H and O–H groups in total. The lowest BCUT2D eigenvalue weighted by atomic mass is 9.97. The predicted molar refractivity (Wildman–Crippen MR) is 119 cm³/mol. The van der Waals surface area contributed by atoms with Crippen molar-refractivity contribution in [2.75, 3.05) is 0 Å². The van der Waals surface area contributed by atoms with E-state index in [4.69, 9.17) is 9.40 Å². The highest BCUT2D eigenvalue weighted by atomic mass is 28.3. The first-order chi connectivity index (χ1) is 12.9. The van der Waals surface area contributed by atoms with Gasteiger partial charge < -0.3 is 4.42 Å².